The lowest BCUT2D eigenvalue weighted by atomic mass is 9.98. The summed E-state index contributed by atoms with van der Waals surface area (Å²) in [6.45, 7) is 0. The summed E-state index contributed by atoms with van der Waals surface area (Å²) in [5.74, 6) is 1.83. The molecule has 2 saturated carbocycles. The zero-order valence-corrected chi connectivity index (χ0v) is 10.6. The Morgan fingerprint density at radius 2 is 2.17 bits per heavy atom. The number of benzene rings is 1. The van der Waals surface area contributed by atoms with Crippen molar-refractivity contribution in [1.29, 1.82) is 0 Å². The van der Waals surface area contributed by atoms with Crippen LogP contribution in [0.25, 0.3) is 0 Å². The van der Waals surface area contributed by atoms with Crippen LogP contribution in [0, 0.1) is 22.0 Å². The molecule has 1 aromatic rings. The van der Waals surface area contributed by atoms with E-state index in [4.69, 9.17) is 16.3 Å². The smallest absolute Gasteiger partial charge is 0.273 e. The topological polar surface area (TPSA) is 52.4 Å². The van der Waals surface area contributed by atoms with Crippen molar-refractivity contribution in [3.63, 3.8) is 0 Å². The Hall–Kier alpha value is -1.29. The molecule has 0 aromatic heterocycles. The van der Waals surface area contributed by atoms with E-state index in [0.29, 0.717) is 16.7 Å². The summed E-state index contributed by atoms with van der Waals surface area (Å²) >= 11 is 6.03. The van der Waals surface area contributed by atoms with E-state index >= 15 is 0 Å². The molecule has 3 atom stereocenters. The summed E-state index contributed by atoms with van der Waals surface area (Å²) in [5, 5.41) is 11.2. The van der Waals surface area contributed by atoms with Crippen molar-refractivity contribution in [2.75, 3.05) is 0 Å². The van der Waals surface area contributed by atoms with Gasteiger partial charge in [0.2, 0.25) is 0 Å². The Balaban J connectivity index is 1.79. The van der Waals surface area contributed by atoms with Gasteiger partial charge in [-0.2, -0.15) is 0 Å². The van der Waals surface area contributed by atoms with Crippen molar-refractivity contribution in [2.24, 2.45) is 11.8 Å². The first-order valence-electron chi connectivity index (χ1n) is 6.24. The molecule has 5 heteroatoms. The molecule has 1 aromatic carbocycles. The van der Waals surface area contributed by atoms with Crippen molar-refractivity contribution in [2.45, 2.75) is 31.8 Å². The average Bonchev–Trinajstić information content (AvgIpc) is 2.93. The number of hydrogen-bond donors (Lipinski definition) is 0. The number of ether oxygens (including phenoxy) is 1. The summed E-state index contributed by atoms with van der Waals surface area (Å²) in [6, 6.07) is 4.35. The molecule has 0 heterocycles. The summed E-state index contributed by atoms with van der Waals surface area (Å²) in [7, 11) is 0. The highest BCUT2D eigenvalue weighted by Crippen LogP contribution is 2.46. The van der Waals surface area contributed by atoms with Crippen LogP contribution < -0.4 is 4.74 Å². The Morgan fingerprint density at radius 3 is 2.78 bits per heavy atom. The van der Waals surface area contributed by atoms with E-state index in [1.54, 1.807) is 0 Å². The summed E-state index contributed by atoms with van der Waals surface area (Å²) in [6.07, 6.45) is 4.99. The molecule has 4 nitrogen and oxygen atoms in total. The third-order valence-corrected chi connectivity index (χ3v) is 4.39. The van der Waals surface area contributed by atoms with Gasteiger partial charge in [0.1, 0.15) is 11.9 Å². The Kier molecular flexibility index (Phi) is 2.90. The third-order valence-electron chi connectivity index (χ3n) is 4.08. The monoisotopic (exact) mass is 267 g/mol. The van der Waals surface area contributed by atoms with E-state index in [1.165, 1.54) is 37.5 Å². The highest BCUT2D eigenvalue weighted by atomic mass is 35.5. The van der Waals surface area contributed by atoms with Gasteiger partial charge < -0.3 is 4.74 Å². The molecule has 3 rings (SSSR count). The lowest BCUT2D eigenvalue weighted by Crippen LogP contribution is -2.23. The molecule has 0 N–H and O–H groups in total. The zero-order chi connectivity index (χ0) is 12.7. The number of non-ortho nitro benzene ring substituents is 1. The maximum atomic E-state index is 10.7. The van der Waals surface area contributed by atoms with Gasteiger partial charge >= 0.3 is 0 Å². The Morgan fingerprint density at radius 1 is 1.33 bits per heavy atom. The highest BCUT2D eigenvalue weighted by Gasteiger charge is 2.41. The van der Waals surface area contributed by atoms with E-state index in [9.17, 15) is 10.1 Å². The number of hydrogen-bond acceptors (Lipinski definition) is 3. The van der Waals surface area contributed by atoms with Gasteiger partial charge in [-0.1, -0.05) is 11.6 Å². The first-order valence-corrected chi connectivity index (χ1v) is 6.62. The molecule has 96 valence electrons. The predicted molar refractivity (Wildman–Crippen MR) is 68.0 cm³/mol. The van der Waals surface area contributed by atoms with Crippen LogP contribution in [-0.4, -0.2) is 11.0 Å². The second kappa shape index (κ2) is 4.43. The fraction of sp³-hybridized carbons (Fsp3) is 0.538. The number of fused-ring (bicyclic) bond motifs is 2. The van der Waals surface area contributed by atoms with Crippen molar-refractivity contribution < 1.29 is 9.66 Å². The van der Waals surface area contributed by atoms with Crippen LogP contribution in [0.3, 0.4) is 0 Å². The lowest BCUT2D eigenvalue weighted by molar-refractivity contribution is -0.384. The number of halogens is 1. The second-order valence-corrected chi connectivity index (χ2v) is 5.61. The van der Waals surface area contributed by atoms with Crippen LogP contribution in [0.2, 0.25) is 5.02 Å². The van der Waals surface area contributed by atoms with Gasteiger partial charge in [-0.05, 0) is 43.6 Å². The molecule has 18 heavy (non-hydrogen) atoms. The van der Waals surface area contributed by atoms with E-state index in [-0.39, 0.29) is 11.8 Å². The van der Waals surface area contributed by atoms with Gasteiger partial charge in [0.25, 0.3) is 5.69 Å². The first-order chi connectivity index (χ1) is 8.63. The Labute approximate surface area is 110 Å². The number of nitrogens with zero attached hydrogens (tertiary/aromatic N) is 1. The summed E-state index contributed by atoms with van der Waals surface area (Å²) in [4.78, 5) is 10.3. The Bertz CT molecular complexity index is 491. The molecule has 2 aliphatic carbocycles. The predicted octanol–water partition coefficient (Wildman–Crippen LogP) is 3.82. The zero-order valence-electron chi connectivity index (χ0n) is 9.84. The molecule has 3 unspecified atom stereocenters. The van der Waals surface area contributed by atoms with Crippen LogP contribution in [0.1, 0.15) is 25.7 Å². The molecule has 0 amide bonds. The maximum absolute atomic E-state index is 10.7. The van der Waals surface area contributed by atoms with Crippen LogP contribution in [0.15, 0.2) is 18.2 Å². The van der Waals surface area contributed by atoms with Gasteiger partial charge in [-0.3, -0.25) is 10.1 Å². The fourth-order valence-corrected chi connectivity index (χ4v) is 3.35. The van der Waals surface area contributed by atoms with Gasteiger partial charge in [-0.15, -0.1) is 0 Å². The van der Waals surface area contributed by atoms with Crippen molar-refractivity contribution in [1.82, 2.24) is 0 Å². The molecule has 0 spiro atoms. The number of nitro benzene ring substituents is 1. The van der Waals surface area contributed by atoms with Crippen molar-refractivity contribution >= 4 is 17.3 Å². The lowest BCUT2D eigenvalue weighted by Gasteiger charge is -2.23. The number of nitro groups is 1. The van der Waals surface area contributed by atoms with Crippen LogP contribution in [0.4, 0.5) is 5.69 Å². The van der Waals surface area contributed by atoms with Gasteiger partial charge in [0, 0.05) is 6.07 Å². The SMILES string of the molecule is O=[N+]([O-])c1ccc(Cl)c(OC2CC3CCC2C3)c1. The minimum atomic E-state index is -0.427. The molecule has 2 fully saturated rings. The minimum Gasteiger partial charge on any atom is -0.488 e. The quantitative estimate of drug-likeness (QED) is 0.618. The standard InChI is InChI=1S/C13H14ClNO3/c14-11-4-3-10(15(16)17)7-13(11)18-12-6-8-1-2-9(12)5-8/h3-4,7-9,12H,1-2,5-6H2. The molecular weight excluding hydrogens is 254 g/mol. The third kappa shape index (κ3) is 2.05. The minimum absolute atomic E-state index is 0.0255. The summed E-state index contributed by atoms with van der Waals surface area (Å²) < 4.78 is 5.89. The molecule has 2 aliphatic rings. The molecule has 0 radical (unpaired) electrons. The van der Waals surface area contributed by atoms with Crippen molar-refractivity contribution in [3.8, 4) is 5.75 Å². The van der Waals surface area contributed by atoms with Crippen LogP contribution in [0.5, 0.6) is 5.75 Å². The van der Waals surface area contributed by atoms with Gasteiger partial charge in [-0.25, -0.2) is 0 Å². The van der Waals surface area contributed by atoms with E-state index < -0.39 is 4.92 Å². The average molecular weight is 268 g/mol. The fourth-order valence-electron chi connectivity index (χ4n) is 3.19. The van der Waals surface area contributed by atoms with Crippen LogP contribution >= 0.6 is 11.6 Å². The normalized spacial score (nSPS) is 29.5. The van der Waals surface area contributed by atoms with E-state index in [2.05, 4.69) is 0 Å². The number of rotatable bonds is 3. The highest BCUT2D eigenvalue weighted by molar-refractivity contribution is 6.32. The van der Waals surface area contributed by atoms with E-state index in [0.717, 1.165) is 12.3 Å². The first kappa shape index (κ1) is 11.8. The largest absolute Gasteiger partial charge is 0.488 e. The van der Waals surface area contributed by atoms with E-state index in [1.807, 2.05) is 0 Å². The van der Waals surface area contributed by atoms with Crippen molar-refractivity contribution in [3.05, 3.63) is 33.3 Å². The van der Waals surface area contributed by atoms with Gasteiger partial charge in [0.15, 0.2) is 0 Å². The van der Waals surface area contributed by atoms with Gasteiger partial charge in [0.05, 0.1) is 16.0 Å². The summed E-state index contributed by atoms with van der Waals surface area (Å²) in [5.41, 5.74) is 0.0255. The van der Waals surface area contributed by atoms with Crippen LogP contribution in [-0.2, 0) is 0 Å². The second-order valence-electron chi connectivity index (χ2n) is 5.20. The molecule has 0 saturated heterocycles. The maximum Gasteiger partial charge on any atom is 0.273 e. The molecular formula is C13H14ClNO3. The molecule has 0 aliphatic heterocycles. The molecule has 2 bridgehead atoms.